The van der Waals surface area contributed by atoms with Crippen molar-refractivity contribution in [2.75, 3.05) is 4.90 Å². The molecule has 1 aromatic rings. The molecule has 0 aromatic heterocycles. The Labute approximate surface area is 182 Å². The van der Waals surface area contributed by atoms with Gasteiger partial charge in [-0.05, 0) is 12.1 Å². The maximum absolute atomic E-state index is 13.2. The minimum absolute atomic E-state index is 0.115. The summed E-state index contributed by atoms with van der Waals surface area (Å²) in [7, 11) is 0. The predicted octanol–water partition coefficient (Wildman–Crippen LogP) is 4.34. The van der Waals surface area contributed by atoms with Gasteiger partial charge in [-0.15, -0.1) is 23.2 Å². The number of amides is 2. The molecule has 1 N–H and O–H groups in total. The molecule has 2 fully saturated rings. The first-order chi connectivity index (χ1) is 12.4. The van der Waals surface area contributed by atoms with Crippen LogP contribution in [0.1, 0.15) is 10.4 Å². The van der Waals surface area contributed by atoms with Crippen molar-refractivity contribution in [1.82, 2.24) is 0 Å². The zero-order valence-electron chi connectivity index (χ0n) is 12.9. The van der Waals surface area contributed by atoms with Crippen LogP contribution < -0.4 is 4.90 Å². The van der Waals surface area contributed by atoms with Gasteiger partial charge < -0.3 is 5.11 Å². The summed E-state index contributed by atoms with van der Waals surface area (Å²) in [6, 6.07) is 5.55. The molecule has 4 rings (SSSR count). The van der Waals surface area contributed by atoms with Gasteiger partial charge in [0, 0.05) is 0 Å². The number of halogens is 6. The van der Waals surface area contributed by atoms with Gasteiger partial charge in [0.1, 0.15) is 9.75 Å². The number of hydrogen-bond acceptors (Lipinski definition) is 3. The second-order valence-corrected chi connectivity index (χ2v) is 9.69. The highest BCUT2D eigenvalue weighted by atomic mass is 35.5. The van der Waals surface area contributed by atoms with Gasteiger partial charge in [-0.3, -0.25) is 9.59 Å². The Balaban J connectivity index is 1.93. The second-order valence-electron chi connectivity index (χ2n) is 6.42. The number of alkyl halides is 4. The van der Waals surface area contributed by atoms with Crippen LogP contribution in [0.5, 0.6) is 0 Å². The standard InChI is InChI=1S/C16H7Cl6NO4/c17-9-10(18)15(20)8-7(14(9,19)16(15,21)22)11(24)23(12(8)25)6-4-2-1-3-5(6)13(26)27/h1-4,7-8H,(H,26,27)/t7-,8-,14+,15+/m0/s1. The molecule has 3 aliphatic rings. The Morgan fingerprint density at radius 2 is 1.37 bits per heavy atom. The lowest BCUT2D eigenvalue weighted by molar-refractivity contribution is -0.123. The minimum Gasteiger partial charge on any atom is -0.478 e. The van der Waals surface area contributed by atoms with Gasteiger partial charge in [-0.25, -0.2) is 9.69 Å². The maximum Gasteiger partial charge on any atom is 0.337 e. The third kappa shape index (κ3) is 1.93. The van der Waals surface area contributed by atoms with E-state index in [1.165, 1.54) is 24.3 Å². The van der Waals surface area contributed by atoms with Crippen molar-refractivity contribution in [2.24, 2.45) is 11.8 Å². The van der Waals surface area contributed by atoms with Crippen LogP contribution in [0.15, 0.2) is 34.3 Å². The van der Waals surface area contributed by atoms with Crippen molar-refractivity contribution in [3.05, 3.63) is 39.9 Å². The van der Waals surface area contributed by atoms with Gasteiger partial charge >= 0.3 is 5.97 Å². The predicted molar refractivity (Wildman–Crippen MR) is 103 cm³/mol. The number of imide groups is 1. The van der Waals surface area contributed by atoms with Crippen molar-refractivity contribution in [3.8, 4) is 0 Å². The SMILES string of the molecule is O=C(O)c1ccccc1N1C(=O)[C@@H]2[C@@H](C1=O)[C@@]1(Cl)C(Cl)=C(Cl)[C@@]2(Cl)C1(Cl)Cl. The lowest BCUT2D eigenvalue weighted by atomic mass is 9.84. The number of carboxylic acids is 1. The summed E-state index contributed by atoms with van der Waals surface area (Å²) in [4.78, 5) is 34.7. The number of carboxylic acid groups (broad SMARTS) is 1. The van der Waals surface area contributed by atoms with E-state index < -0.39 is 43.7 Å². The van der Waals surface area contributed by atoms with Crippen molar-refractivity contribution in [1.29, 1.82) is 0 Å². The average Bonchev–Trinajstić information content (AvgIpc) is 2.99. The molecule has 1 aliphatic heterocycles. The lowest BCUT2D eigenvalue weighted by Crippen LogP contribution is -2.50. The highest BCUT2D eigenvalue weighted by Gasteiger charge is 2.87. The maximum atomic E-state index is 13.2. The van der Waals surface area contributed by atoms with Crippen molar-refractivity contribution >= 4 is 93.1 Å². The summed E-state index contributed by atoms with van der Waals surface area (Å²) < 4.78 is -2.03. The quantitative estimate of drug-likeness (QED) is 0.495. The Morgan fingerprint density at radius 3 is 1.81 bits per heavy atom. The number of rotatable bonds is 2. The van der Waals surface area contributed by atoms with Crippen LogP contribution >= 0.6 is 69.6 Å². The van der Waals surface area contributed by atoms with E-state index >= 15 is 0 Å². The van der Waals surface area contributed by atoms with E-state index in [9.17, 15) is 19.5 Å². The molecule has 2 aliphatic carbocycles. The summed E-state index contributed by atoms with van der Waals surface area (Å²) in [6.45, 7) is 0. The monoisotopic (exact) mass is 487 g/mol. The van der Waals surface area contributed by atoms with Crippen LogP contribution in [0.2, 0.25) is 0 Å². The molecule has 0 spiro atoms. The number of allylic oxidation sites excluding steroid dienone is 2. The number of fused-ring (bicyclic) bond motifs is 5. The first kappa shape index (κ1) is 19.6. The first-order valence-corrected chi connectivity index (χ1v) is 9.72. The molecule has 2 amide bonds. The molecule has 1 saturated carbocycles. The Kier molecular flexibility index (Phi) is 4.13. The van der Waals surface area contributed by atoms with E-state index in [0.717, 1.165) is 4.90 Å². The first-order valence-electron chi connectivity index (χ1n) is 7.46. The topological polar surface area (TPSA) is 74.7 Å². The molecule has 0 radical (unpaired) electrons. The zero-order chi connectivity index (χ0) is 20.1. The van der Waals surface area contributed by atoms with E-state index in [4.69, 9.17) is 69.6 Å². The van der Waals surface area contributed by atoms with Gasteiger partial charge in [-0.2, -0.15) is 0 Å². The highest BCUT2D eigenvalue weighted by molar-refractivity contribution is 6.67. The van der Waals surface area contributed by atoms with Gasteiger partial charge in [0.25, 0.3) is 0 Å². The highest BCUT2D eigenvalue weighted by Crippen LogP contribution is 2.77. The van der Waals surface area contributed by atoms with E-state index in [0.29, 0.717) is 0 Å². The number of anilines is 1. The minimum atomic E-state index is -2.03. The number of hydrogen-bond donors (Lipinski definition) is 1. The molecule has 0 unspecified atom stereocenters. The fourth-order valence-electron chi connectivity index (χ4n) is 4.08. The summed E-state index contributed by atoms with van der Waals surface area (Å²) >= 11 is 38.4. The molecular weight excluding hydrogens is 483 g/mol. The molecule has 11 heteroatoms. The van der Waals surface area contributed by atoms with E-state index in [1.807, 2.05) is 0 Å². The van der Waals surface area contributed by atoms with E-state index in [2.05, 4.69) is 0 Å². The number of para-hydroxylation sites is 1. The molecule has 1 saturated heterocycles. The number of benzene rings is 1. The fourth-order valence-corrected chi connectivity index (χ4v) is 7.01. The Hall–Kier alpha value is -0.690. The summed E-state index contributed by atoms with van der Waals surface area (Å²) in [6.07, 6.45) is 0. The lowest BCUT2D eigenvalue weighted by Gasteiger charge is -2.34. The van der Waals surface area contributed by atoms with E-state index in [1.54, 1.807) is 0 Å². The molecular formula is C16H7Cl6NO4. The average molecular weight is 490 g/mol. The normalized spacial score (nSPS) is 36.6. The molecule has 5 nitrogen and oxygen atoms in total. The van der Waals surface area contributed by atoms with Gasteiger partial charge in [0.2, 0.25) is 11.8 Å². The van der Waals surface area contributed by atoms with Gasteiger partial charge in [0.15, 0.2) is 4.33 Å². The van der Waals surface area contributed by atoms with Crippen LogP contribution in [0, 0.1) is 11.8 Å². The number of carbonyl (C=O) groups is 3. The summed E-state index contributed by atoms with van der Waals surface area (Å²) in [5.41, 5.74) is -0.358. The number of carbonyl (C=O) groups excluding carboxylic acids is 2. The summed E-state index contributed by atoms with van der Waals surface area (Å²) in [5, 5.41) is 8.98. The number of aromatic carboxylic acids is 1. The Morgan fingerprint density at radius 1 is 0.926 bits per heavy atom. The van der Waals surface area contributed by atoms with Crippen molar-refractivity contribution < 1.29 is 19.5 Å². The summed E-state index contributed by atoms with van der Waals surface area (Å²) in [5.74, 6) is -5.54. The zero-order valence-corrected chi connectivity index (χ0v) is 17.4. The molecule has 4 atom stereocenters. The number of nitrogens with zero attached hydrogens (tertiary/aromatic N) is 1. The van der Waals surface area contributed by atoms with Crippen LogP contribution in [0.25, 0.3) is 0 Å². The second kappa shape index (κ2) is 5.68. The molecule has 142 valence electrons. The molecule has 27 heavy (non-hydrogen) atoms. The van der Waals surface area contributed by atoms with Crippen LogP contribution in [-0.2, 0) is 9.59 Å². The van der Waals surface area contributed by atoms with Crippen LogP contribution in [0.4, 0.5) is 5.69 Å². The Bertz CT molecular complexity index is 931. The van der Waals surface area contributed by atoms with Crippen molar-refractivity contribution in [3.63, 3.8) is 0 Å². The largest absolute Gasteiger partial charge is 0.478 e. The van der Waals surface area contributed by atoms with Crippen molar-refractivity contribution in [2.45, 2.75) is 14.1 Å². The molecule has 2 bridgehead atoms. The van der Waals surface area contributed by atoms with E-state index in [-0.39, 0.29) is 21.3 Å². The van der Waals surface area contributed by atoms with Crippen LogP contribution in [0.3, 0.4) is 0 Å². The van der Waals surface area contributed by atoms with Gasteiger partial charge in [0.05, 0.1) is 33.2 Å². The fraction of sp³-hybridized carbons (Fsp3) is 0.312. The third-order valence-corrected chi connectivity index (χ3v) is 9.54. The smallest absolute Gasteiger partial charge is 0.337 e. The molecule has 1 aromatic carbocycles. The van der Waals surface area contributed by atoms with Crippen LogP contribution in [-0.4, -0.2) is 37.0 Å². The van der Waals surface area contributed by atoms with Gasteiger partial charge in [-0.1, -0.05) is 58.5 Å². The molecule has 1 heterocycles. The third-order valence-electron chi connectivity index (χ3n) is 5.28.